The van der Waals surface area contributed by atoms with Crippen LogP contribution in [0.1, 0.15) is 113 Å². The second-order valence-corrected chi connectivity index (χ2v) is 36.4. The Balaban J connectivity index is 0.803. The minimum absolute atomic E-state index is 0.00769. The Bertz CT molecular complexity index is 3470. The Hall–Kier alpha value is -3.13. The molecule has 0 aromatic rings. The van der Waals surface area contributed by atoms with Gasteiger partial charge >= 0.3 is 11.9 Å². The third-order valence-electron chi connectivity index (χ3n) is 29.0. The molecular weight excluding hydrogens is 1580 g/mol. The number of carbonyl (C=O) groups excluding carboxylic acids is 2. The van der Waals surface area contributed by atoms with Gasteiger partial charge in [0.2, 0.25) is 6.29 Å². The fraction of sp³-hybridized carbons (Fsp3) is 0.934. The zero-order valence-electron chi connectivity index (χ0n) is 66.4. The van der Waals surface area contributed by atoms with Gasteiger partial charge in [-0.05, 0) is 111 Å². The SMILES string of the molecule is C[C@@H]1O[C@@H](O[C@H]2[C@H](OC(=O)C34CCC(C)(C)CC3C3=CCC5[C@@]6(C)CC[C@H](O[C@@H]7O[C@H](C(=O)O)[C@@H](O)[C@H](O[C@@H]8OC[C@@H](O)[C@H](O)[C@H]8O)[C@H]7O[C@@H]7O[C@H](CO)[C@H](O)[C@H](O)[C@H]7O)[C@@](C)(C=O)C6CC[C@@]5(C)[C@]3(C)C[C@H]4O)O[C@H](C)[C@H](O[C@@H]3O[C@H](CO)[C@@H](O)[C@H](O)[C@H]3O)[C@@H]2O)[C@H](O)[C@H](O[C@@H]2O[C@H](CO)[C@@H](O)[C@H](O)[C@H]2O)[C@H]1O[C@@H]1OC[C@@H](O)[C@H](O)[C@H]1O. The number of fused-ring (bicyclic) bond motifs is 7. The predicted molar refractivity (Wildman–Crippen MR) is 381 cm³/mol. The van der Waals surface area contributed by atoms with Crippen LogP contribution in [0.25, 0.3) is 0 Å². The van der Waals surface area contributed by atoms with E-state index in [0.29, 0.717) is 38.5 Å². The molecule has 8 aliphatic heterocycles. The molecule has 5 aliphatic carbocycles. The highest BCUT2D eigenvalue weighted by Gasteiger charge is 2.74. The van der Waals surface area contributed by atoms with E-state index in [9.17, 15) is 127 Å². The van der Waals surface area contributed by atoms with E-state index in [-0.39, 0.29) is 25.2 Å². The van der Waals surface area contributed by atoms with E-state index in [4.69, 9.17) is 75.8 Å². The van der Waals surface area contributed by atoms with Gasteiger partial charge in [0.25, 0.3) is 0 Å². The molecule has 12 fully saturated rings. The van der Waals surface area contributed by atoms with E-state index in [0.717, 1.165) is 11.9 Å². The van der Waals surface area contributed by atoms with E-state index in [1.54, 1.807) is 6.92 Å². The molecule has 23 N–H and O–H groups in total. The molecule has 13 aliphatic rings. The number of ether oxygens (including phenoxy) is 16. The van der Waals surface area contributed by atoms with Crippen LogP contribution < -0.4 is 0 Å². The lowest BCUT2D eigenvalue weighted by molar-refractivity contribution is -0.400. The van der Waals surface area contributed by atoms with Gasteiger partial charge in [-0.15, -0.1) is 0 Å². The predicted octanol–water partition coefficient (Wildman–Crippen LogP) is -9.16. The van der Waals surface area contributed by atoms with E-state index in [2.05, 4.69) is 19.9 Å². The van der Waals surface area contributed by atoms with Crippen molar-refractivity contribution in [3.63, 3.8) is 0 Å². The number of hydrogen-bond donors (Lipinski definition) is 23. The molecule has 0 amide bonds. The number of allylic oxidation sites excluding steroid dienone is 2. The molecule has 13 rings (SSSR count). The summed E-state index contributed by atoms with van der Waals surface area (Å²) in [7, 11) is 0. The van der Waals surface area contributed by atoms with Crippen molar-refractivity contribution in [3.8, 4) is 0 Å². The maximum Gasteiger partial charge on any atom is 0.335 e. The van der Waals surface area contributed by atoms with Crippen LogP contribution in [0.4, 0.5) is 0 Å². The number of aliphatic hydroxyl groups is 22. The van der Waals surface area contributed by atoms with Gasteiger partial charge in [-0.3, -0.25) is 4.79 Å². The van der Waals surface area contributed by atoms with Crippen LogP contribution >= 0.6 is 0 Å². The number of aliphatic hydroxyl groups excluding tert-OH is 22. The molecule has 0 bridgehead atoms. The maximum absolute atomic E-state index is 16.3. The average Bonchev–Trinajstić information content (AvgIpc) is 0.668. The van der Waals surface area contributed by atoms with Crippen molar-refractivity contribution >= 4 is 18.2 Å². The summed E-state index contributed by atoms with van der Waals surface area (Å²) in [6.45, 7) is 10.7. The highest BCUT2D eigenvalue weighted by molar-refractivity contribution is 5.80. The number of esters is 1. The zero-order valence-corrected chi connectivity index (χ0v) is 66.4. The summed E-state index contributed by atoms with van der Waals surface area (Å²) in [4.78, 5) is 43.8. The van der Waals surface area contributed by atoms with Crippen LogP contribution in [0.15, 0.2) is 11.6 Å². The maximum atomic E-state index is 16.3. The second kappa shape index (κ2) is 35.2. The minimum Gasteiger partial charge on any atom is -0.479 e. The van der Waals surface area contributed by atoms with Crippen molar-refractivity contribution in [2.75, 3.05) is 33.0 Å². The molecule has 42 nitrogen and oxygen atoms in total. The third kappa shape index (κ3) is 16.0. The summed E-state index contributed by atoms with van der Waals surface area (Å²) in [5.41, 5.74) is -5.52. The van der Waals surface area contributed by atoms with Gasteiger partial charge in [0.1, 0.15) is 170 Å². The molecule has 0 aromatic carbocycles. The largest absolute Gasteiger partial charge is 0.479 e. The molecule has 42 heteroatoms. The van der Waals surface area contributed by atoms with Gasteiger partial charge in [-0.25, -0.2) is 4.79 Å². The highest BCUT2D eigenvalue weighted by Crippen LogP contribution is 2.76. The molecule has 48 atom stereocenters. The Labute approximate surface area is 677 Å². The van der Waals surface area contributed by atoms with Crippen LogP contribution in [0.3, 0.4) is 0 Å². The molecule has 8 saturated heterocycles. The quantitative estimate of drug-likeness (QED) is 0.0220. The molecule has 118 heavy (non-hydrogen) atoms. The first-order valence-electron chi connectivity index (χ1n) is 40.5. The number of rotatable bonds is 21. The zero-order chi connectivity index (χ0) is 86.2. The molecule has 4 unspecified atom stereocenters. The summed E-state index contributed by atoms with van der Waals surface area (Å²) in [6, 6.07) is 0. The average molecular weight is 1710 g/mol. The number of hydrogen-bond acceptors (Lipinski definition) is 41. The van der Waals surface area contributed by atoms with E-state index >= 15 is 4.79 Å². The van der Waals surface area contributed by atoms with Crippen LogP contribution in [0, 0.1) is 50.2 Å². The second-order valence-electron chi connectivity index (χ2n) is 36.4. The standard InChI is InChI=1S/C76H120O42/c1-25-54(111-64-48(94)43(89)40(86)31(19-77)107-64)51(97)59(116-67-53(99)57(114-65-49(95)44(90)41(87)32(20-78)108-65)55(26(2)105-67)112-62-46(92)38(84)29(81)22-103-62)68(106-25)118-70(102)76-16-15-71(3,4)17-28(76)27-9-10-35-72(5)13-12-37(73(6,24-80)34(72)11-14-74(35,7)75(27,8)18-36(76)83)110-69-60(117-66-50(96)45(91)42(88)33(21-79)109-66)56(52(98)58(115-69)61(100)101)113-63-47(93)39(85)30(82)23-104-63/h9,24-26,28-60,62-69,77-79,81-99H,10-23H2,1-8H3,(H,100,101)/t25-,26+,28?,29-,30-,31-,32-,33-,34?,35?,36-,37+,38+,39+,40-,41-,42+,43+,44+,45+,46-,47-,48-,49-,50-,51+,52+,53-,54+,55+,56+,57+,58+,59-,60-,62+,63+,64+,65+,66+,67+,68+,69-,72+,73+,74-,75-,76?/m1/s1. The summed E-state index contributed by atoms with van der Waals surface area (Å²) >= 11 is 0. The summed E-state index contributed by atoms with van der Waals surface area (Å²) < 4.78 is 97.5. The van der Waals surface area contributed by atoms with Gasteiger partial charge in [-0.2, -0.15) is 0 Å². The number of carboxylic acid groups (broad SMARTS) is 1. The first-order valence-corrected chi connectivity index (χ1v) is 40.5. The molecule has 0 aromatic heterocycles. The normalized spacial score (nSPS) is 54.9. The topological polar surface area (TPSA) is 664 Å². The molecule has 0 radical (unpaired) electrons. The summed E-state index contributed by atoms with van der Waals surface area (Å²) in [5.74, 6) is -4.48. The third-order valence-corrected chi connectivity index (χ3v) is 29.0. The monoisotopic (exact) mass is 1700 g/mol. The van der Waals surface area contributed by atoms with Gasteiger partial charge in [0, 0.05) is 0 Å². The molecular formula is C76H120O42. The van der Waals surface area contributed by atoms with Crippen LogP contribution in [-0.4, -0.2) is 414 Å². The Morgan fingerprint density at radius 1 is 0.441 bits per heavy atom. The lowest BCUT2D eigenvalue weighted by atomic mass is 9.33. The fourth-order valence-electron chi connectivity index (χ4n) is 21.7. The summed E-state index contributed by atoms with van der Waals surface area (Å²) in [6.07, 6.45) is -70.8. The van der Waals surface area contributed by atoms with Crippen LogP contribution in [0.5, 0.6) is 0 Å². The van der Waals surface area contributed by atoms with Gasteiger partial charge in [0.05, 0.1) is 62.9 Å². The molecule has 8 heterocycles. The Morgan fingerprint density at radius 3 is 1.42 bits per heavy atom. The van der Waals surface area contributed by atoms with Gasteiger partial charge in [-0.1, -0.05) is 53.2 Å². The van der Waals surface area contributed by atoms with Crippen molar-refractivity contribution in [1.29, 1.82) is 0 Å². The lowest BCUT2D eigenvalue weighted by Crippen LogP contribution is -2.69. The van der Waals surface area contributed by atoms with Crippen LogP contribution in [0.2, 0.25) is 0 Å². The number of aldehydes is 1. The van der Waals surface area contributed by atoms with Crippen molar-refractivity contribution in [3.05, 3.63) is 11.6 Å². The van der Waals surface area contributed by atoms with Crippen molar-refractivity contribution in [1.82, 2.24) is 0 Å². The van der Waals surface area contributed by atoms with Crippen molar-refractivity contribution < 1.29 is 208 Å². The van der Waals surface area contributed by atoms with E-state index in [1.807, 2.05) is 20.8 Å². The van der Waals surface area contributed by atoms with Gasteiger partial charge in [0.15, 0.2) is 56.2 Å². The highest BCUT2D eigenvalue weighted by atomic mass is 16.8. The number of aliphatic carboxylic acids is 1. The van der Waals surface area contributed by atoms with Crippen LogP contribution in [-0.2, 0) is 90.2 Å². The molecule has 0 spiro atoms. The molecule has 676 valence electrons. The smallest absolute Gasteiger partial charge is 0.335 e. The Morgan fingerprint density at radius 2 is 0.898 bits per heavy atom. The van der Waals surface area contributed by atoms with Crippen molar-refractivity contribution in [2.45, 2.75) is 359 Å². The number of carbonyl (C=O) groups is 3. The first kappa shape index (κ1) is 92.5. The molecule has 4 saturated carbocycles. The van der Waals surface area contributed by atoms with E-state index < -0.39 is 335 Å². The first-order chi connectivity index (χ1) is 55.4. The lowest BCUT2D eigenvalue weighted by Gasteiger charge is -2.71. The van der Waals surface area contributed by atoms with E-state index in [1.165, 1.54) is 13.8 Å². The summed E-state index contributed by atoms with van der Waals surface area (Å²) in [5, 5.41) is 255. The Kier molecular flexibility index (Phi) is 27.6. The number of carboxylic acids is 1. The van der Waals surface area contributed by atoms with Crippen molar-refractivity contribution in [2.24, 2.45) is 50.2 Å². The minimum atomic E-state index is -2.26. The van der Waals surface area contributed by atoms with Gasteiger partial charge < -0.3 is 198 Å². The fourth-order valence-corrected chi connectivity index (χ4v) is 21.7.